The number of amides is 1. The largest absolute Gasteiger partial charge is 0.454 e. The van der Waals surface area contributed by atoms with Crippen LogP contribution in [0.3, 0.4) is 0 Å². The zero-order valence-corrected chi connectivity index (χ0v) is 14.3. The monoisotopic (exact) mass is 368 g/mol. The number of carbonyl (C=O) groups excluding carboxylic acids is 1. The van der Waals surface area contributed by atoms with Gasteiger partial charge in [-0.1, -0.05) is 6.92 Å². The number of ether oxygens (including phenoxy) is 2. The van der Waals surface area contributed by atoms with Crippen LogP contribution in [0.4, 0.5) is 0 Å². The van der Waals surface area contributed by atoms with Crippen molar-refractivity contribution >= 4 is 21.8 Å². The van der Waals surface area contributed by atoms with E-state index in [1.54, 1.807) is 6.07 Å². The fraction of sp³-hybridized carbons (Fsp3) is 0.562. The SMILES string of the molecule is CCCN(C(=O)c1cc(Br)c2c(c1)OCO2)C1CCNCC1. The molecule has 120 valence electrons. The molecule has 6 heteroatoms. The van der Waals surface area contributed by atoms with Gasteiger partial charge in [0.15, 0.2) is 11.5 Å². The van der Waals surface area contributed by atoms with Crippen LogP contribution in [0, 0.1) is 0 Å². The Kier molecular flexibility index (Phi) is 4.88. The molecule has 1 aromatic rings. The van der Waals surface area contributed by atoms with Crippen molar-refractivity contribution in [3.05, 3.63) is 22.2 Å². The Labute approximate surface area is 139 Å². The molecule has 2 aliphatic heterocycles. The van der Waals surface area contributed by atoms with Crippen LogP contribution in [0.15, 0.2) is 16.6 Å². The zero-order valence-electron chi connectivity index (χ0n) is 12.7. The molecule has 0 atom stereocenters. The average Bonchev–Trinajstić information content (AvgIpc) is 3.02. The van der Waals surface area contributed by atoms with Gasteiger partial charge in [0, 0.05) is 18.2 Å². The second-order valence-electron chi connectivity index (χ2n) is 5.67. The highest BCUT2D eigenvalue weighted by atomic mass is 79.9. The van der Waals surface area contributed by atoms with Crippen LogP contribution in [-0.2, 0) is 0 Å². The summed E-state index contributed by atoms with van der Waals surface area (Å²) in [5, 5.41) is 3.35. The molecule has 0 unspecified atom stereocenters. The summed E-state index contributed by atoms with van der Waals surface area (Å²) in [7, 11) is 0. The van der Waals surface area contributed by atoms with E-state index in [-0.39, 0.29) is 12.7 Å². The first-order chi connectivity index (χ1) is 10.7. The van der Waals surface area contributed by atoms with Crippen LogP contribution in [-0.4, -0.2) is 43.3 Å². The highest BCUT2D eigenvalue weighted by molar-refractivity contribution is 9.10. The van der Waals surface area contributed by atoms with Crippen LogP contribution in [0.1, 0.15) is 36.5 Å². The Morgan fingerprint density at radius 2 is 2.14 bits per heavy atom. The lowest BCUT2D eigenvalue weighted by molar-refractivity contribution is 0.0642. The number of halogens is 1. The fourth-order valence-electron chi connectivity index (χ4n) is 3.07. The first-order valence-electron chi connectivity index (χ1n) is 7.81. The molecule has 1 amide bonds. The molecule has 1 fully saturated rings. The summed E-state index contributed by atoms with van der Waals surface area (Å²) < 4.78 is 11.6. The van der Waals surface area contributed by atoms with Crippen molar-refractivity contribution in [2.45, 2.75) is 32.2 Å². The van der Waals surface area contributed by atoms with E-state index in [0.717, 1.165) is 43.4 Å². The highest BCUT2D eigenvalue weighted by Gasteiger charge is 2.28. The molecule has 0 spiro atoms. The molecule has 22 heavy (non-hydrogen) atoms. The molecule has 1 saturated heterocycles. The summed E-state index contributed by atoms with van der Waals surface area (Å²) in [4.78, 5) is 15.0. The molecule has 0 radical (unpaired) electrons. The van der Waals surface area contributed by atoms with E-state index < -0.39 is 0 Å². The van der Waals surface area contributed by atoms with Crippen molar-refractivity contribution < 1.29 is 14.3 Å². The van der Waals surface area contributed by atoms with E-state index >= 15 is 0 Å². The number of benzene rings is 1. The van der Waals surface area contributed by atoms with E-state index in [4.69, 9.17) is 9.47 Å². The van der Waals surface area contributed by atoms with Crippen LogP contribution in [0.5, 0.6) is 11.5 Å². The number of carbonyl (C=O) groups is 1. The minimum Gasteiger partial charge on any atom is -0.454 e. The van der Waals surface area contributed by atoms with Gasteiger partial charge >= 0.3 is 0 Å². The van der Waals surface area contributed by atoms with Gasteiger partial charge in [0.1, 0.15) is 0 Å². The number of nitrogens with one attached hydrogen (secondary N) is 1. The number of hydrogen-bond acceptors (Lipinski definition) is 4. The molecule has 2 aliphatic rings. The van der Waals surface area contributed by atoms with Crippen molar-refractivity contribution in [2.24, 2.45) is 0 Å². The second kappa shape index (κ2) is 6.87. The predicted octanol–water partition coefficient (Wildman–Crippen LogP) is 2.78. The first-order valence-corrected chi connectivity index (χ1v) is 8.61. The fourth-order valence-corrected chi connectivity index (χ4v) is 3.62. The normalized spacial score (nSPS) is 17.5. The van der Waals surface area contributed by atoms with E-state index in [9.17, 15) is 4.79 Å². The summed E-state index contributed by atoms with van der Waals surface area (Å²) in [6, 6.07) is 3.94. The van der Waals surface area contributed by atoms with Gasteiger partial charge in [-0.05, 0) is 60.4 Å². The van der Waals surface area contributed by atoms with Gasteiger partial charge in [0.25, 0.3) is 5.91 Å². The summed E-state index contributed by atoms with van der Waals surface area (Å²) in [6.07, 6.45) is 2.98. The maximum atomic E-state index is 13.0. The van der Waals surface area contributed by atoms with Crippen molar-refractivity contribution in [2.75, 3.05) is 26.4 Å². The topological polar surface area (TPSA) is 50.8 Å². The van der Waals surface area contributed by atoms with Crippen LogP contribution >= 0.6 is 15.9 Å². The summed E-state index contributed by atoms with van der Waals surface area (Å²) in [6.45, 7) is 5.05. The third-order valence-electron chi connectivity index (χ3n) is 4.15. The van der Waals surface area contributed by atoms with Crippen LogP contribution in [0.25, 0.3) is 0 Å². The highest BCUT2D eigenvalue weighted by Crippen LogP contribution is 2.40. The lowest BCUT2D eigenvalue weighted by Gasteiger charge is -2.34. The third kappa shape index (κ3) is 3.08. The van der Waals surface area contributed by atoms with Gasteiger partial charge < -0.3 is 19.7 Å². The summed E-state index contributed by atoms with van der Waals surface area (Å²) in [5.41, 5.74) is 0.656. The maximum Gasteiger partial charge on any atom is 0.254 e. The molecule has 3 rings (SSSR count). The molecular weight excluding hydrogens is 348 g/mol. The molecule has 5 nitrogen and oxygen atoms in total. The van der Waals surface area contributed by atoms with Crippen molar-refractivity contribution in [1.82, 2.24) is 10.2 Å². The minimum absolute atomic E-state index is 0.0766. The number of fused-ring (bicyclic) bond motifs is 1. The number of nitrogens with zero attached hydrogens (tertiary/aromatic N) is 1. The van der Waals surface area contributed by atoms with Gasteiger partial charge in [-0.15, -0.1) is 0 Å². The first kappa shape index (κ1) is 15.6. The molecule has 0 aliphatic carbocycles. The Bertz CT molecular complexity index is 559. The van der Waals surface area contributed by atoms with E-state index in [1.165, 1.54) is 0 Å². The molecule has 1 N–H and O–H groups in total. The molecule has 0 bridgehead atoms. The number of piperidine rings is 1. The smallest absolute Gasteiger partial charge is 0.254 e. The summed E-state index contributed by atoms with van der Waals surface area (Å²) in [5.74, 6) is 1.40. The quantitative estimate of drug-likeness (QED) is 0.887. The Morgan fingerprint density at radius 3 is 2.86 bits per heavy atom. The van der Waals surface area contributed by atoms with Gasteiger partial charge in [-0.25, -0.2) is 0 Å². The molecule has 0 aromatic heterocycles. The van der Waals surface area contributed by atoms with E-state index in [0.29, 0.717) is 23.1 Å². The Hall–Kier alpha value is -1.27. The number of rotatable bonds is 4. The molecule has 0 saturated carbocycles. The number of hydrogen-bond donors (Lipinski definition) is 1. The van der Waals surface area contributed by atoms with Crippen molar-refractivity contribution in [3.8, 4) is 11.5 Å². The lowest BCUT2D eigenvalue weighted by Crippen LogP contribution is -2.46. The molecule has 1 aromatic carbocycles. The van der Waals surface area contributed by atoms with Crippen molar-refractivity contribution in [1.29, 1.82) is 0 Å². The van der Waals surface area contributed by atoms with Gasteiger partial charge in [-0.3, -0.25) is 4.79 Å². The predicted molar refractivity (Wildman–Crippen MR) is 87.5 cm³/mol. The lowest BCUT2D eigenvalue weighted by atomic mass is 10.0. The minimum atomic E-state index is 0.0766. The molecule has 2 heterocycles. The van der Waals surface area contributed by atoms with Gasteiger partial charge in [-0.2, -0.15) is 0 Å². The average molecular weight is 369 g/mol. The maximum absolute atomic E-state index is 13.0. The van der Waals surface area contributed by atoms with Gasteiger partial charge in [0.05, 0.1) is 4.47 Å². The van der Waals surface area contributed by atoms with Crippen LogP contribution < -0.4 is 14.8 Å². The third-order valence-corrected chi connectivity index (χ3v) is 4.74. The van der Waals surface area contributed by atoms with E-state index in [1.807, 2.05) is 11.0 Å². The molecular formula is C16H21BrN2O3. The van der Waals surface area contributed by atoms with Crippen molar-refractivity contribution in [3.63, 3.8) is 0 Å². The second-order valence-corrected chi connectivity index (χ2v) is 6.53. The van der Waals surface area contributed by atoms with Crippen LogP contribution in [0.2, 0.25) is 0 Å². The Balaban J connectivity index is 1.85. The standard InChI is InChI=1S/C16H21BrN2O3/c1-2-7-19(12-3-5-18-6-4-12)16(20)11-8-13(17)15-14(9-11)21-10-22-15/h8-9,12,18H,2-7,10H2,1H3. The summed E-state index contributed by atoms with van der Waals surface area (Å²) >= 11 is 3.46. The van der Waals surface area contributed by atoms with E-state index in [2.05, 4.69) is 28.2 Å². The van der Waals surface area contributed by atoms with Gasteiger partial charge in [0.2, 0.25) is 6.79 Å². The Morgan fingerprint density at radius 1 is 1.36 bits per heavy atom. The zero-order chi connectivity index (χ0) is 15.5.